The summed E-state index contributed by atoms with van der Waals surface area (Å²) in [5, 5.41) is 10.1. The summed E-state index contributed by atoms with van der Waals surface area (Å²) >= 11 is 6.70. The van der Waals surface area contributed by atoms with Gasteiger partial charge in [-0.25, -0.2) is 0 Å². The molecule has 1 heterocycles. The molecule has 0 fully saturated rings. The standard InChI is InChI=1S/C10H14Br2N2O/c1-2-6(4-13)10(15)9-8(12)3-7(11)5-14-9/h3,5-6,10,15H,2,4,13H2,1H3. The lowest BCUT2D eigenvalue weighted by molar-refractivity contribution is 0.105. The molecule has 0 aliphatic heterocycles. The Hall–Kier alpha value is 0.0300. The Balaban J connectivity index is 2.94. The van der Waals surface area contributed by atoms with Gasteiger partial charge in [0.1, 0.15) is 6.10 Å². The molecule has 15 heavy (non-hydrogen) atoms. The van der Waals surface area contributed by atoms with Crippen molar-refractivity contribution >= 4 is 31.9 Å². The van der Waals surface area contributed by atoms with Crippen molar-refractivity contribution in [2.75, 3.05) is 6.54 Å². The molecule has 3 nitrogen and oxygen atoms in total. The lowest BCUT2D eigenvalue weighted by Gasteiger charge is -2.20. The average Bonchev–Trinajstić information content (AvgIpc) is 2.19. The van der Waals surface area contributed by atoms with E-state index in [4.69, 9.17) is 5.73 Å². The third kappa shape index (κ3) is 3.24. The van der Waals surface area contributed by atoms with Gasteiger partial charge in [0.05, 0.1) is 5.69 Å². The van der Waals surface area contributed by atoms with Crippen LogP contribution in [0.5, 0.6) is 0 Å². The zero-order valence-corrected chi connectivity index (χ0v) is 11.6. The Bertz CT molecular complexity index is 329. The quantitative estimate of drug-likeness (QED) is 0.887. The Kier molecular flexibility index (Phi) is 5.18. The summed E-state index contributed by atoms with van der Waals surface area (Å²) in [5.74, 6) is 0.0509. The van der Waals surface area contributed by atoms with Crippen molar-refractivity contribution in [3.63, 3.8) is 0 Å². The summed E-state index contributed by atoms with van der Waals surface area (Å²) < 4.78 is 1.68. The minimum absolute atomic E-state index is 0.0509. The summed E-state index contributed by atoms with van der Waals surface area (Å²) in [6, 6.07) is 1.87. The number of nitrogens with two attached hydrogens (primary N) is 1. The number of pyridine rings is 1. The Labute approximate surface area is 106 Å². The Morgan fingerprint density at radius 3 is 2.67 bits per heavy atom. The highest BCUT2D eigenvalue weighted by molar-refractivity contribution is 9.11. The molecule has 2 atom stereocenters. The number of aliphatic hydroxyl groups excluding tert-OH is 1. The highest BCUT2D eigenvalue weighted by Crippen LogP contribution is 2.29. The summed E-state index contributed by atoms with van der Waals surface area (Å²) in [6.45, 7) is 2.47. The van der Waals surface area contributed by atoms with Crippen LogP contribution < -0.4 is 5.73 Å². The van der Waals surface area contributed by atoms with Crippen molar-refractivity contribution in [2.45, 2.75) is 19.4 Å². The monoisotopic (exact) mass is 336 g/mol. The van der Waals surface area contributed by atoms with Gasteiger partial charge in [-0.05, 0) is 50.9 Å². The fourth-order valence-electron chi connectivity index (χ4n) is 1.38. The molecule has 1 aromatic rings. The maximum atomic E-state index is 10.1. The fraction of sp³-hybridized carbons (Fsp3) is 0.500. The van der Waals surface area contributed by atoms with Crippen molar-refractivity contribution in [3.8, 4) is 0 Å². The van der Waals surface area contributed by atoms with Crippen LogP contribution in [0.3, 0.4) is 0 Å². The molecule has 84 valence electrons. The molecule has 0 aliphatic carbocycles. The second kappa shape index (κ2) is 5.94. The van der Waals surface area contributed by atoms with Crippen molar-refractivity contribution in [1.82, 2.24) is 4.98 Å². The van der Waals surface area contributed by atoms with Gasteiger partial charge in [-0.1, -0.05) is 6.92 Å². The van der Waals surface area contributed by atoms with E-state index in [2.05, 4.69) is 36.8 Å². The zero-order valence-electron chi connectivity index (χ0n) is 8.45. The van der Waals surface area contributed by atoms with Crippen LogP contribution in [-0.2, 0) is 0 Å². The van der Waals surface area contributed by atoms with Crippen LogP contribution in [0, 0.1) is 5.92 Å². The molecule has 0 saturated heterocycles. The smallest absolute Gasteiger partial charge is 0.101 e. The molecule has 0 spiro atoms. The number of rotatable bonds is 4. The topological polar surface area (TPSA) is 59.1 Å². The van der Waals surface area contributed by atoms with E-state index in [-0.39, 0.29) is 5.92 Å². The lowest BCUT2D eigenvalue weighted by atomic mass is 9.97. The van der Waals surface area contributed by atoms with Crippen molar-refractivity contribution in [3.05, 3.63) is 26.9 Å². The minimum atomic E-state index is -0.609. The van der Waals surface area contributed by atoms with Gasteiger partial charge in [-0.3, -0.25) is 4.98 Å². The lowest BCUT2D eigenvalue weighted by Crippen LogP contribution is -2.22. The van der Waals surface area contributed by atoms with Crippen LogP contribution in [0.2, 0.25) is 0 Å². The summed E-state index contributed by atoms with van der Waals surface area (Å²) in [6.07, 6.45) is 1.90. The first-order valence-corrected chi connectivity index (χ1v) is 6.37. The van der Waals surface area contributed by atoms with E-state index in [9.17, 15) is 5.11 Å². The van der Waals surface area contributed by atoms with Gasteiger partial charge >= 0.3 is 0 Å². The largest absolute Gasteiger partial charge is 0.386 e. The molecular weight excluding hydrogens is 324 g/mol. The van der Waals surface area contributed by atoms with Crippen molar-refractivity contribution in [2.24, 2.45) is 11.7 Å². The fourth-order valence-corrected chi connectivity index (χ4v) is 2.61. The normalized spacial score (nSPS) is 15.0. The molecule has 0 aromatic carbocycles. The molecule has 0 radical (unpaired) electrons. The van der Waals surface area contributed by atoms with Crippen molar-refractivity contribution in [1.29, 1.82) is 0 Å². The summed E-state index contributed by atoms with van der Waals surface area (Å²) in [7, 11) is 0. The molecule has 0 aliphatic rings. The number of hydrogen-bond donors (Lipinski definition) is 2. The van der Waals surface area contributed by atoms with Gasteiger partial charge < -0.3 is 10.8 Å². The third-order valence-corrected chi connectivity index (χ3v) is 3.46. The molecule has 0 saturated carbocycles. The van der Waals surface area contributed by atoms with E-state index in [0.29, 0.717) is 12.2 Å². The number of aliphatic hydroxyl groups is 1. The first kappa shape index (κ1) is 13.1. The summed E-state index contributed by atoms with van der Waals surface area (Å²) in [5.41, 5.74) is 6.24. The Morgan fingerprint density at radius 1 is 1.53 bits per heavy atom. The van der Waals surface area contributed by atoms with Gasteiger partial charge in [-0.2, -0.15) is 0 Å². The third-order valence-electron chi connectivity index (χ3n) is 2.39. The zero-order chi connectivity index (χ0) is 11.4. The van der Waals surface area contributed by atoms with Crippen LogP contribution in [0.4, 0.5) is 0 Å². The van der Waals surface area contributed by atoms with Crippen LogP contribution in [-0.4, -0.2) is 16.6 Å². The number of halogens is 2. The molecule has 1 aromatic heterocycles. The van der Waals surface area contributed by atoms with Crippen LogP contribution in [0.15, 0.2) is 21.2 Å². The second-order valence-electron chi connectivity index (χ2n) is 3.37. The molecular formula is C10H14Br2N2O. The Morgan fingerprint density at radius 2 is 2.20 bits per heavy atom. The highest BCUT2D eigenvalue weighted by Gasteiger charge is 2.21. The minimum Gasteiger partial charge on any atom is -0.386 e. The van der Waals surface area contributed by atoms with Gasteiger partial charge in [-0.15, -0.1) is 0 Å². The second-order valence-corrected chi connectivity index (χ2v) is 5.14. The first-order valence-electron chi connectivity index (χ1n) is 4.79. The predicted molar refractivity (Wildman–Crippen MR) is 67.4 cm³/mol. The first-order chi connectivity index (χ1) is 7.10. The summed E-state index contributed by atoms with van der Waals surface area (Å²) in [4.78, 5) is 4.20. The SMILES string of the molecule is CCC(CN)C(O)c1ncc(Br)cc1Br. The number of hydrogen-bond acceptors (Lipinski definition) is 3. The molecule has 1 rings (SSSR count). The average molecular weight is 338 g/mol. The number of nitrogens with zero attached hydrogens (tertiary/aromatic N) is 1. The molecule has 0 amide bonds. The maximum Gasteiger partial charge on any atom is 0.101 e. The van der Waals surface area contributed by atoms with Crippen LogP contribution in [0.1, 0.15) is 25.1 Å². The van der Waals surface area contributed by atoms with E-state index in [0.717, 1.165) is 15.4 Å². The van der Waals surface area contributed by atoms with E-state index in [1.54, 1.807) is 6.20 Å². The van der Waals surface area contributed by atoms with Crippen molar-refractivity contribution < 1.29 is 5.11 Å². The van der Waals surface area contributed by atoms with E-state index >= 15 is 0 Å². The predicted octanol–water partition coefficient (Wildman–Crippen LogP) is 2.62. The van der Waals surface area contributed by atoms with Crippen LogP contribution >= 0.6 is 31.9 Å². The van der Waals surface area contributed by atoms with E-state index in [1.165, 1.54) is 0 Å². The molecule has 5 heteroatoms. The van der Waals surface area contributed by atoms with E-state index < -0.39 is 6.10 Å². The van der Waals surface area contributed by atoms with Gasteiger partial charge in [0, 0.05) is 21.1 Å². The van der Waals surface area contributed by atoms with Gasteiger partial charge in [0.25, 0.3) is 0 Å². The maximum absolute atomic E-state index is 10.1. The van der Waals surface area contributed by atoms with Gasteiger partial charge in [0.2, 0.25) is 0 Å². The van der Waals surface area contributed by atoms with Gasteiger partial charge in [0.15, 0.2) is 0 Å². The molecule has 2 unspecified atom stereocenters. The highest BCUT2D eigenvalue weighted by atomic mass is 79.9. The van der Waals surface area contributed by atoms with E-state index in [1.807, 2.05) is 13.0 Å². The van der Waals surface area contributed by atoms with Crippen LogP contribution in [0.25, 0.3) is 0 Å². The molecule has 3 N–H and O–H groups in total. The number of aromatic nitrogens is 1. The molecule has 0 bridgehead atoms.